The van der Waals surface area contributed by atoms with Crippen LogP contribution in [0.15, 0.2) is 9.59 Å². The highest BCUT2D eigenvalue weighted by molar-refractivity contribution is 5.53. The highest BCUT2D eigenvalue weighted by Gasteiger charge is 2.33. The first-order chi connectivity index (χ1) is 11.0. The van der Waals surface area contributed by atoms with Gasteiger partial charge in [0.15, 0.2) is 11.9 Å². The van der Waals surface area contributed by atoms with Gasteiger partial charge >= 0.3 is 5.69 Å². The molecule has 3 heterocycles. The van der Waals surface area contributed by atoms with Crippen LogP contribution in [-0.2, 0) is 23.6 Å². The Labute approximate surface area is 133 Å². The molecule has 0 radical (unpaired) electrons. The van der Waals surface area contributed by atoms with Crippen molar-refractivity contribution in [2.45, 2.75) is 19.1 Å². The monoisotopic (exact) mass is 320 g/mol. The Morgan fingerprint density at radius 1 is 1.17 bits per heavy atom. The van der Waals surface area contributed by atoms with E-state index in [1.54, 1.807) is 7.05 Å². The van der Waals surface area contributed by atoms with Crippen LogP contribution in [0.25, 0.3) is 0 Å². The van der Waals surface area contributed by atoms with Crippen LogP contribution in [0.2, 0.25) is 0 Å². The number of aromatic nitrogens is 2. The normalized spacial score (nSPS) is 22.3. The van der Waals surface area contributed by atoms with E-state index in [9.17, 15) is 14.9 Å². The molecular weight excluding hydrogens is 300 g/mol. The van der Waals surface area contributed by atoms with Crippen molar-refractivity contribution in [2.75, 3.05) is 31.2 Å². The zero-order valence-corrected chi connectivity index (χ0v) is 13.3. The number of hydrogen-bond donors (Lipinski definition) is 0. The zero-order valence-electron chi connectivity index (χ0n) is 13.3. The van der Waals surface area contributed by atoms with E-state index in [0.29, 0.717) is 32.1 Å². The number of nitrogens with zero attached hydrogens (tertiary/aromatic N) is 4. The highest BCUT2D eigenvalue weighted by atomic mass is 16.7. The van der Waals surface area contributed by atoms with Crippen molar-refractivity contribution in [1.29, 1.82) is 5.26 Å². The molecule has 0 bridgehead atoms. The number of rotatable bonds is 2. The van der Waals surface area contributed by atoms with Crippen molar-refractivity contribution in [1.82, 2.24) is 9.13 Å². The van der Waals surface area contributed by atoms with E-state index >= 15 is 0 Å². The van der Waals surface area contributed by atoms with Gasteiger partial charge in [-0.2, -0.15) is 5.26 Å². The van der Waals surface area contributed by atoms with Crippen LogP contribution >= 0.6 is 0 Å². The van der Waals surface area contributed by atoms with Gasteiger partial charge in [0.1, 0.15) is 11.9 Å². The Hall–Kier alpha value is -2.11. The second-order valence-corrected chi connectivity index (χ2v) is 5.97. The molecule has 124 valence electrons. The molecule has 0 spiro atoms. The topological polar surface area (TPSA) is 89.5 Å². The van der Waals surface area contributed by atoms with E-state index in [1.165, 1.54) is 11.6 Å². The minimum atomic E-state index is -0.555. The van der Waals surface area contributed by atoms with E-state index in [2.05, 4.69) is 0 Å². The Balaban J connectivity index is 1.99. The van der Waals surface area contributed by atoms with Gasteiger partial charge in [-0.1, -0.05) is 0 Å². The summed E-state index contributed by atoms with van der Waals surface area (Å²) in [5.74, 6) is 0.556. The molecule has 2 aliphatic heterocycles. The predicted molar refractivity (Wildman–Crippen MR) is 82.3 cm³/mol. The molecule has 2 saturated heterocycles. The summed E-state index contributed by atoms with van der Waals surface area (Å²) in [7, 11) is 2.97. The first kappa shape index (κ1) is 15.8. The van der Waals surface area contributed by atoms with Crippen LogP contribution in [0.3, 0.4) is 0 Å². The average Bonchev–Trinajstić information content (AvgIpc) is 3.10. The molecule has 0 amide bonds. The molecular formula is C15H20N4O4. The van der Waals surface area contributed by atoms with Gasteiger partial charge in [-0.25, -0.2) is 4.79 Å². The molecule has 8 heteroatoms. The van der Waals surface area contributed by atoms with Gasteiger partial charge in [0, 0.05) is 33.1 Å². The maximum atomic E-state index is 12.2. The second-order valence-electron chi connectivity index (χ2n) is 5.97. The SMILES string of the molecule is Cn1c(N2CCCC(C3OCCO3)C2)c(C#N)c(=O)n(C)c1=O. The molecule has 0 aliphatic carbocycles. The lowest BCUT2D eigenvalue weighted by Gasteiger charge is -2.36. The molecule has 2 aliphatic rings. The van der Waals surface area contributed by atoms with Gasteiger partial charge < -0.3 is 14.4 Å². The van der Waals surface area contributed by atoms with Crippen LogP contribution < -0.4 is 16.1 Å². The van der Waals surface area contributed by atoms with Crippen LogP contribution in [0, 0.1) is 17.2 Å². The van der Waals surface area contributed by atoms with Crippen molar-refractivity contribution < 1.29 is 9.47 Å². The van der Waals surface area contributed by atoms with Crippen molar-refractivity contribution in [2.24, 2.45) is 20.0 Å². The number of ether oxygens (including phenoxy) is 2. The van der Waals surface area contributed by atoms with Gasteiger partial charge in [0.25, 0.3) is 5.56 Å². The summed E-state index contributed by atoms with van der Waals surface area (Å²) in [5.41, 5.74) is -0.982. The van der Waals surface area contributed by atoms with E-state index in [1.807, 2.05) is 11.0 Å². The molecule has 23 heavy (non-hydrogen) atoms. The number of nitriles is 1. The lowest BCUT2D eigenvalue weighted by atomic mass is 9.97. The van der Waals surface area contributed by atoms with Crippen molar-refractivity contribution in [3.63, 3.8) is 0 Å². The number of piperidine rings is 1. The Morgan fingerprint density at radius 2 is 1.87 bits per heavy atom. The van der Waals surface area contributed by atoms with E-state index < -0.39 is 11.2 Å². The summed E-state index contributed by atoms with van der Waals surface area (Å²) in [4.78, 5) is 26.4. The zero-order chi connectivity index (χ0) is 16.6. The minimum absolute atomic E-state index is 0.00325. The third kappa shape index (κ3) is 2.66. The summed E-state index contributed by atoms with van der Waals surface area (Å²) in [6.45, 7) is 2.47. The molecule has 0 aromatic carbocycles. The molecule has 0 saturated carbocycles. The highest BCUT2D eigenvalue weighted by Crippen LogP contribution is 2.28. The fourth-order valence-electron chi connectivity index (χ4n) is 3.37. The standard InChI is InChI=1S/C15H20N4O4/c1-17-12(11(8-16)13(20)18(2)15(17)21)19-5-3-4-10(9-19)14-22-6-7-23-14/h10,14H,3-7,9H2,1-2H3. The molecule has 0 N–H and O–H groups in total. The first-order valence-electron chi connectivity index (χ1n) is 7.73. The fraction of sp³-hybridized carbons (Fsp3) is 0.667. The lowest BCUT2D eigenvalue weighted by molar-refractivity contribution is -0.0859. The summed E-state index contributed by atoms with van der Waals surface area (Å²) in [6.07, 6.45) is 1.61. The maximum Gasteiger partial charge on any atom is 0.332 e. The van der Waals surface area contributed by atoms with Gasteiger partial charge in [0.2, 0.25) is 0 Å². The Kier molecular flexibility index (Phi) is 4.24. The maximum absolute atomic E-state index is 12.2. The molecule has 1 unspecified atom stereocenters. The quantitative estimate of drug-likeness (QED) is 0.733. The predicted octanol–water partition coefficient (Wildman–Crippen LogP) is -0.455. The van der Waals surface area contributed by atoms with Crippen molar-refractivity contribution in [3.8, 4) is 6.07 Å². The van der Waals surface area contributed by atoms with Crippen molar-refractivity contribution >= 4 is 5.82 Å². The second kappa shape index (κ2) is 6.18. The molecule has 2 fully saturated rings. The van der Waals surface area contributed by atoms with Gasteiger partial charge in [-0.15, -0.1) is 0 Å². The molecule has 1 atom stereocenters. The van der Waals surface area contributed by atoms with E-state index in [0.717, 1.165) is 17.4 Å². The summed E-state index contributed by atoms with van der Waals surface area (Å²) >= 11 is 0. The van der Waals surface area contributed by atoms with Crippen LogP contribution in [0.1, 0.15) is 18.4 Å². The smallest absolute Gasteiger partial charge is 0.332 e. The molecule has 3 rings (SSSR count). The number of hydrogen-bond acceptors (Lipinski definition) is 6. The van der Waals surface area contributed by atoms with E-state index in [4.69, 9.17) is 9.47 Å². The minimum Gasteiger partial charge on any atom is -0.356 e. The fourth-order valence-corrected chi connectivity index (χ4v) is 3.37. The molecule has 1 aromatic heterocycles. The van der Waals surface area contributed by atoms with Crippen molar-refractivity contribution in [3.05, 3.63) is 26.4 Å². The average molecular weight is 320 g/mol. The first-order valence-corrected chi connectivity index (χ1v) is 7.73. The van der Waals surface area contributed by atoms with E-state index in [-0.39, 0.29) is 17.8 Å². The van der Waals surface area contributed by atoms with Crippen LogP contribution in [-0.4, -0.2) is 41.7 Å². The molecule has 1 aromatic rings. The third-order valence-electron chi connectivity index (χ3n) is 4.54. The largest absolute Gasteiger partial charge is 0.356 e. The van der Waals surface area contributed by atoms with Crippen LogP contribution in [0.5, 0.6) is 0 Å². The van der Waals surface area contributed by atoms with Gasteiger partial charge in [-0.3, -0.25) is 13.9 Å². The lowest BCUT2D eigenvalue weighted by Crippen LogP contribution is -2.47. The van der Waals surface area contributed by atoms with Gasteiger partial charge in [0.05, 0.1) is 13.2 Å². The number of anilines is 1. The summed E-state index contributed by atoms with van der Waals surface area (Å²) < 4.78 is 13.5. The summed E-state index contributed by atoms with van der Waals surface area (Å²) in [5, 5.41) is 9.39. The Bertz CT molecular complexity index is 754. The molecule has 8 nitrogen and oxygen atoms in total. The Morgan fingerprint density at radius 3 is 2.52 bits per heavy atom. The third-order valence-corrected chi connectivity index (χ3v) is 4.54. The van der Waals surface area contributed by atoms with Crippen LogP contribution in [0.4, 0.5) is 5.82 Å². The summed E-state index contributed by atoms with van der Waals surface area (Å²) in [6, 6.07) is 1.96. The van der Waals surface area contributed by atoms with Gasteiger partial charge in [-0.05, 0) is 12.8 Å².